The van der Waals surface area contributed by atoms with Crippen molar-refractivity contribution < 1.29 is 13.2 Å². The van der Waals surface area contributed by atoms with E-state index in [9.17, 15) is 13.2 Å². The number of carbonyl (C=O) groups excluding carboxylic acids is 1. The Balaban J connectivity index is 2.22. The van der Waals surface area contributed by atoms with E-state index in [2.05, 4.69) is 31.9 Å². The van der Waals surface area contributed by atoms with Crippen LogP contribution in [0.3, 0.4) is 0 Å². The Hall–Kier alpha value is -0.440. The van der Waals surface area contributed by atoms with Crippen molar-refractivity contribution in [3.05, 3.63) is 27.1 Å². The number of nitrogens with two attached hydrogens (primary N) is 1. The maximum absolute atomic E-state index is 12.6. The van der Waals surface area contributed by atoms with Crippen molar-refractivity contribution in [2.24, 2.45) is 11.7 Å². The molecule has 1 saturated heterocycles. The number of sulfonamides is 1. The monoisotopic (exact) mass is 424 g/mol. The molecule has 0 atom stereocenters. The Morgan fingerprint density at radius 1 is 1.25 bits per heavy atom. The largest absolute Gasteiger partial charge is 0.369 e. The topological polar surface area (TPSA) is 80.5 Å². The Kier molecular flexibility index (Phi) is 4.88. The van der Waals surface area contributed by atoms with Gasteiger partial charge in [0.15, 0.2) is 0 Å². The summed E-state index contributed by atoms with van der Waals surface area (Å²) in [5.41, 5.74) is 5.25. The Morgan fingerprint density at radius 3 is 2.35 bits per heavy atom. The average Bonchev–Trinajstić information content (AvgIpc) is 2.38. The summed E-state index contributed by atoms with van der Waals surface area (Å²) < 4.78 is 27.8. The molecule has 1 aromatic rings. The second-order valence-corrected chi connectivity index (χ2v) is 8.33. The molecule has 1 aliphatic heterocycles. The summed E-state index contributed by atoms with van der Waals surface area (Å²) in [5.74, 6) is -0.582. The Labute approximate surface area is 134 Å². The second kappa shape index (κ2) is 6.13. The minimum Gasteiger partial charge on any atom is -0.369 e. The van der Waals surface area contributed by atoms with Crippen LogP contribution in [0.1, 0.15) is 12.8 Å². The smallest absolute Gasteiger partial charge is 0.244 e. The van der Waals surface area contributed by atoms with Crippen molar-refractivity contribution in [2.45, 2.75) is 17.7 Å². The van der Waals surface area contributed by atoms with Crippen LogP contribution in [0.4, 0.5) is 0 Å². The van der Waals surface area contributed by atoms with Crippen molar-refractivity contribution in [2.75, 3.05) is 13.1 Å². The van der Waals surface area contributed by atoms with Gasteiger partial charge in [0.2, 0.25) is 15.9 Å². The highest BCUT2D eigenvalue weighted by Gasteiger charge is 2.32. The molecule has 0 aromatic heterocycles. The van der Waals surface area contributed by atoms with Crippen molar-refractivity contribution in [1.29, 1.82) is 0 Å². The van der Waals surface area contributed by atoms with Crippen LogP contribution in [0.15, 0.2) is 32.0 Å². The lowest BCUT2D eigenvalue weighted by Crippen LogP contribution is -2.41. The fourth-order valence-electron chi connectivity index (χ4n) is 2.20. The summed E-state index contributed by atoms with van der Waals surface area (Å²) in [4.78, 5) is 11.3. The number of piperidine rings is 1. The van der Waals surface area contributed by atoms with Gasteiger partial charge in [-0.3, -0.25) is 4.79 Å². The molecule has 2 N–H and O–H groups in total. The van der Waals surface area contributed by atoms with Crippen molar-refractivity contribution in [3.8, 4) is 0 Å². The van der Waals surface area contributed by atoms with Gasteiger partial charge in [-0.05, 0) is 47.0 Å². The van der Waals surface area contributed by atoms with Gasteiger partial charge in [-0.1, -0.05) is 15.9 Å². The van der Waals surface area contributed by atoms with Crippen LogP contribution in [0, 0.1) is 5.92 Å². The molecule has 8 heteroatoms. The molecule has 0 bridgehead atoms. The van der Waals surface area contributed by atoms with E-state index >= 15 is 0 Å². The Morgan fingerprint density at radius 2 is 1.85 bits per heavy atom. The normalized spacial score (nSPS) is 18.1. The predicted octanol–water partition coefficient (Wildman–Crippen LogP) is 2.10. The SMILES string of the molecule is NC(=O)C1CCN(S(=O)(=O)c2ccc(Br)cc2Br)CC1. The van der Waals surface area contributed by atoms with E-state index in [0.717, 1.165) is 4.47 Å². The molecule has 2 rings (SSSR count). The van der Waals surface area contributed by atoms with Crippen LogP contribution in [-0.4, -0.2) is 31.7 Å². The first-order valence-electron chi connectivity index (χ1n) is 6.07. The summed E-state index contributed by atoms with van der Waals surface area (Å²) in [6, 6.07) is 4.94. The van der Waals surface area contributed by atoms with E-state index in [1.165, 1.54) is 4.31 Å². The molecule has 5 nitrogen and oxygen atoms in total. The number of carbonyl (C=O) groups is 1. The van der Waals surface area contributed by atoms with Crippen LogP contribution < -0.4 is 5.73 Å². The van der Waals surface area contributed by atoms with E-state index < -0.39 is 10.0 Å². The molecule has 0 unspecified atom stereocenters. The molecule has 110 valence electrons. The zero-order valence-corrected chi connectivity index (χ0v) is 14.5. The summed E-state index contributed by atoms with van der Waals surface area (Å²) in [7, 11) is -3.55. The summed E-state index contributed by atoms with van der Waals surface area (Å²) in [5, 5.41) is 0. The minimum atomic E-state index is -3.55. The van der Waals surface area contributed by atoms with Gasteiger partial charge in [0.1, 0.15) is 0 Å². The first-order valence-corrected chi connectivity index (χ1v) is 9.09. The van der Waals surface area contributed by atoms with E-state index in [0.29, 0.717) is 30.4 Å². The molecule has 1 fully saturated rings. The zero-order chi connectivity index (χ0) is 14.9. The minimum absolute atomic E-state index is 0.227. The van der Waals surface area contributed by atoms with Gasteiger partial charge >= 0.3 is 0 Å². The lowest BCUT2D eigenvalue weighted by Gasteiger charge is -2.30. The van der Waals surface area contributed by atoms with Crippen LogP contribution >= 0.6 is 31.9 Å². The standard InChI is InChI=1S/C12H14Br2N2O3S/c13-9-1-2-11(10(14)7-9)20(18,19)16-5-3-8(4-6-16)12(15)17/h1-2,7-8H,3-6H2,(H2,15,17). The summed E-state index contributed by atoms with van der Waals surface area (Å²) in [6.07, 6.45) is 0.950. The van der Waals surface area contributed by atoms with Gasteiger partial charge in [0.25, 0.3) is 0 Å². The first kappa shape index (κ1) is 15.9. The van der Waals surface area contributed by atoms with Crippen LogP contribution in [0.5, 0.6) is 0 Å². The highest BCUT2D eigenvalue weighted by atomic mass is 79.9. The number of rotatable bonds is 3. The molecule has 0 radical (unpaired) electrons. The lowest BCUT2D eigenvalue weighted by atomic mass is 9.98. The summed E-state index contributed by atoms with van der Waals surface area (Å²) in [6.45, 7) is 0.636. The highest BCUT2D eigenvalue weighted by Crippen LogP contribution is 2.30. The fourth-order valence-corrected chi connectivity index (χ4v) is 5.38. The van der Waals surface area contributed by atoms with Gasteiger partial charge in [-0.15, -0.1) is 0 Å². The number of halogens is 2. The maximum atomic E-state index is 12.6. The van der Waals surface area contributed by atoms with E-state index in [1.807, 2.05) is 0 Å². The number of hydrogen-bond acceptors (Lipinski definition) is 3. The number of primary amides is 1. The van der Waals surface area contributed by atoms with Crippen molar-refractivity contribution in [1.82, 2.24) is 4.31 Å². The number of amides is 1. The van der Waals surface area contributed by atoms with Gasteiger partial charge in [0, 0.05) is 28.0 Å². The molecule has 1 aromatic carbocycles. The highest BCUT2D eigenvalue weighted by molar-refractivity contribution is 9.11. The van der Waals surface area contributed by atoms with Crippen molar-refractivity contribution >= 4 is 47.8 Å². The number of nitrogens with zero attached hydrogens (tertiary/aromatic N) is 1. The molecular weight excluding hydrogens is 412 g/mol. The Bertz CT molecular complexity index is 626. The molecule has 20 heavy (non-hydrogen) atoms. The van der Waals surface area contributed by atoms with Gasteiger partial charge in [-0.25, -0.2) is 8.42 Å². The lowest BCUT2D eigenvalue weighted by molar-refractivity contribution is -0.122. The maximum Gasteiger partial charge on any atom is 0.244 e. The summed E-state index contributed by atoms with van der Waals surface area (Å²) >= 11 is 6.57. The molecule has 0 saturated carbocycles. The van der Waals surface area contributed by atoms with Gasteiger partial charge in [0.05, 0.1) is 4.90 Å². The molecule has 1 aliphatic rings. The number of benzene rings is 1. The number of hydrogen-bond donors (Lipinski definition) is 1. The molecular formula is C12H14Br2N2O3S. The van der Waals surface area contributed by atoms with Gasteiger partial charge in [-0.2, -0.15) is 4.31 Å². The zero-order valence-electron chi connectivity index (χ0n) is 10.6. The van der Waals surface area contributed by atoms with E-state index in [-0.39, 0.29) is 16.7 Å². The van der Waals surface area contributed by atoms with Gasteiger partial charge < -0.3 is 5.73 Å². The second-order valence-electron chi connectivity index (χ2n) is 4.66. The predicted molar refractivity (Wildman–Crippen MR) is 82.5 cm³/mol. The molecule has 0 aliphatic carbocycles. The average molecular weight is 426 g/mol. The third kappa shape index (κ3) is 3.24. The molecule has 1 amide bonds. The third-order valence-corrected chi connectivity index (χ3v) is 6.74. The van der Waals surface area contributed by atoms with Crippen LogP contribution in [0.2, 0.25) is 0 Å². The van der Waals surface area contributed by atoms with Crippen molar-refractivity contribution in [3.63, 3.8) is 0 Å². The third-order valence-electron chi connectivity index (χ3n) is 3.37. The molecule has 0 spiro atoms. The van der Waals surface area contributed by atoms with Crippen LogP contribution in [0.25, 0.3) is 0 Å². The van der Waals surface area contributed by atoms with E-state index in [4.69, 9.17) is 5.73 Å². The quantitative estimate of drug-likeness (QED) is 0.804. The van der Waals surface area contributed by atoms with E-state index in [1.54, 1.807) is 18.2 Å². The fraction of sp³-hybridized carbons (Fsp3) is 0.417. The molecule has 1 heterocycles. The first-order chi connectivity index (χ1) is 9.32. The van der Waals surface area contributed by atoms with Crippen LogP contribution in [-0.2, 0) is 14.8 Å².